The Morgan fingerprint density at radius 1 is 1.36 bits per heavy atom. The summed E-state index contributed by atoms with van der Waals surface area (Å²) in [7, 11) is 0. The predicted octanol–water partition coefficient (Wildman–Crippen LogP) is 2.47. The molecule has 0 N–H and O–H groups in total. The van der Waals surface area contributed by atoms with Crippen LogP contribution in [-0.2, 0) is 5.75 Å². The fourth-order valence-corrected chi connectivity index (χ4v) is 1.34. The molecule has 0 aliphatic heterocycles. The maximum Gasteiger partial charge on any atom is 0.247 e. The maximum absolute atomic E-state index is 5.38. The largest absolute Gasteiger partial charge is 0.420 e. The Labute approximate surface area is 87.6 Å². The summed E-state index contributed by atoms with van der Waals surface area (Å²) in [5.74, 6) is 1.57. The first-order valence-electron chi connectivity index (χ1n) is 4.30. The van der Waals surface area contributed by atoms with Crippen LogP contribution in [0, 0.1) is 6.92 Å². The lowest BCUT2D eigenvalue weighted by atomic mass is 10.1. The summed E-state index contributed by atoms with van der Waals surface area (Å²) in [6.45, 7) is 2.03. The van der Waals surface area contributed by atoms with Crippen molar-refractivity contribution < 1.29 is 4.42 Å². The fraction of sp³-hybridized carbons (Fsp3) is 0.200. The normalized spacial score (nSPS) is 10.4. The van der Waals surface area contributed by atoms with Gasteiger partial charge in [0.1, 0.15) is 0 Å². The molecule has 4 heteroatoms. The topological polar surface area (TPSA) is 38.9 Å². The molecule has 0 fully saturated rings. The Hall–Kier alpha value is -1.29. The quantitative estimate of drug-likeness (QED) is 0.767. The zero-order chi connectivity index (χ0) is 9.97. The van der Waals surface area contributed by atoms with E-state index in [1.165, 1.54) is 5.56 Å². The number of hydrogen-bond acceptors (Lipinski definition) is 4. The molecule has 1 heterocycles. The minimum atomic E-state index is 0.471. The van der Waals surface area contributed by atoms with Crippen LogP contribution in [0.4, 0.5) is 0 Å². The molecule has 3 nitrogen and oxygen atoms in total. The Kier molecular flexibility index (Phi) is 2.54. The molecule has 14 heavy (non-hydrogen) atoms. The van der Waals surface area contributed by atoms with Crippen molar-refractivity contribution in [3.8, 4) is 11.5 Å². The average molecular weight is 206 g/mol. The molecule has 0 amide bonds. The van der Waals surface area contributed by atoms with Crippen LogP contribution in [0.3, 0.4) is 0 Å². The van der Waals surface area contributed by atoms with Gasteiger partial charge in [-0.25, -0.2) is 0 Å². The number of nitrogens with zero attached hydrogens (tertiary/aromatic N) is 2. The van der Waals surface area contributed by atoms with Crippen molar-refractivity contribution in [2.75, 3.05) is 0 Å². The van der Waals surface area contributed by atoms with Gasteiger partial charge in [0.25, 0.3) is 0 Å². The second-order valence-electron chi connectivity index (χ2n) is 3.03. The summed E-state index contributed by atoms with van der Waals surface area (Å²) in [6, 6.07) is 7.95. The lowest BCUT2D eigenvalue weighted by Crippen LogP contribution is -1.78. The van der Waals surface area contributed by atoms with E-state index in [9.17, 15) is 0 Å². The van der Waals surface area contributed by atoms with E-state index in [0.717, 1.165) is 5.56 Å². The highest BCUT2D eigenvalue weighted by molar-refractivity contribution is 7.79. The van der Waals surface area contributed by atoms with Gasteiger partial charge in [-0.1, -0.05) is 17.7 Å². The Balaban J connectivity index is 2.39. The van der Waals surface area contributed by atoms with Crippen LogP contribution in [0.5, 0.6) is 0 Å². The molecule has 1 aromatic heterocycles. The minimum absolute atomic E-state index is 0.471. The summed E-state index contributed by atoms with van der Waals surface area (Å²) in [4.78, 5) is 0. The molecular weight excluding hydrogens is 196 g/mol. The molecule has 0 unspecified atom stereocenters. The monoisotopic (exact) mass is 206 g/mol. The molecule has 2 rings (SSSR count). The van der Waals surface area contributed by atoms with Gasteiger partial charge in [-0.2, -0.15) is 12.6 Å². The van der Waals surface area contributed by atoms with Crippen LogP contribution < -0.4 is 0 Å². The molecule has 2 aromatic rings. The SMILES string of the molecule is Cc1cccc(-c2nnc(CS)o2)c1. The van der Waals surface area contributed by atoms with Crippen molar-refractivity contribution in [3.05, 3.63) is 35.7 Å². The molecule has 0 bridgehead atoms. The van der Waals surface area contributed by atoms with Gasteiger partial charge < -0.3 is 4.42 Å². The maximum atomic E-state index is 5.38. The van der Waals surface area contributed by atoms with E-state index in [2.05, 4.69) is 22.8 Å². The summed E-state index contributed by atoms with van der Waals surface area (Å²) in [5, 5.41) is 7.78. The molecule has 0 saturated heterocycles. The van der Waals surface area contributed by atoms with Crippen LogP contribution in [0.15, 0.2) is 28.7 Å². The molecule has 0 atom stereocenters. The van der Waals surface area contributed by atoms with Gasteiger partial charge in [0, 0.05) is 5.56 Å². The molecule has 0 saturated carbocycles. The Morgan fingerprint density at radius 2 is 2.21 bits per heavy atom. The van der Waals surface area contributed by atoms with Crippen molar-refractivity contribution in [2.45, 2.75) is 12.7 Å². The van der Waals surface area contributed by atoms with E-state index in [1.54, 1.807) is 0 Å². The van der Waals surface area contributed by atoms with Crippen molar-refractivity contribution in [1.29, 1.82) is 0 Å². The number of aryl methyl sites for hydroxylation is 1. The third kappa shape index (κ3) is 1.80. The van der Waals surface area contributed by atoms with Gasteiger partial charge in [-0.15, -0.1) is 10.2 Å². The van der Waals surface area contributed by atoms with Crippen LogP contribution in [0.25, 0.3) is 11.5 Å². The third-order valence-corrected chi connectivity index (χ3v) is 2.14. The van der Waals surface area contributed by atoms with Crippen molar-refractivity contribution in [3.63, 3.8) is 0 Å². The number of aromatic nitrogens is 2. The summed E-state index contributed by atoms with van der Waals surface area (Å²) < 4.78 is 5.38. The summed E-state index contributed by atoms with van der Waals surface area (Å²) in [6.07, 6.45) is 0. The van der Waals surface area contributed by atoms with Gasteiger partial charge in [0.2, 0.25) is 11.8 Å². The molecule has 72 valence electrons. The highest BCUT2D eigenvalue weighted by atomic mass is 32.1. The molecule has 0 spiro atoms. The highest BCUT2D eigenvalue weighted by Gasteiger charge is 2.06. The molecular formula is C10H10N2OS. The first-order valence-corrected chi connectivity index (χ1v) is 4.93. The average Bonchev–Trinajstić information content (AvgIpc) is 2.66. The van der Waals surface area contributed by atoms with Crippen molar-refractivity contribution in [1.82, 2.24) is 10.2 Å². The predicted molar refractivity (Wildman–Crippen MR) is 57.2 cm³/mol. The number of benzene rings is 1. The van der Waals surface area contributed by atoms with Crippen LogP contribution in [0.2, 0.25) is 0 Å². The standard InChI is InChI=1S/C10H10N2OS/c1-7-3-2-4-8(5-7)10-12-11-9(6-14)13-10/h2-5,14H,6H2,1H3. The number of hydrogen-bond donors (Lipinski definition) is 1. The molecule has 1 aromatic carbocycles. The van der Waals surface area contributed by atoms with E-state index in [0.29, 0.717) is 17.5 Å². The third-order valence-electron chi connectivity index (χ3n) is 1.87. The smallest absolute Gasteiger partial charge is 0.247 e. The van der Waals surface area contributed by atoms with Gasteiger partial charge in [-0.3, -0.25) is 0 Å². The lowest BCUT2D eigenvalue weighted by molar-refractivity contribution is 0.529. The van der Waals surface area contributed by atoms with Gasteiger partial charge >= 0.3 is 0 Å². The van der Waals surface area contributed by atoms with E-state index < -0.39 is 0 Å². The highest BCUT2D eigenvalue weighted by Crippen LogP contribution is 2.18. The first kappa shape index (κ1) is 9.27. The fourth-order valence-electron chi connectivity index (χ4n) is 1.21. The second-order valence-corrected chi connectivity index (χ2v) is 3.34. The van der Waals surface area contributed by atoms with Gasteiger partial charge in [0.15, 0.2) is 0 Å². The van der Waals surface area contributed by atoms with Crippen LogP contribution in [-0.4, -0.2) is 10.2 Å². The molecule has 0 aliphatic carbocycles. The first-order chi connectivity index (χ1) is 6.79. The van der Waals surface area contributed by atoms with Crippen LogP contribution in [0.1, 0.15) is 11.5 Å². The summed E-state index contributed by atoms with van der Waals surface area (Å²) >= 11 is 4.06. The van der Waals surface area contributed by atoms with Crippen molar-refractivity contribution in [2.24, 2.45) is 0 Å². The number of thiol groups is 1. The van der Waals surface area contributed by atoms with Crippen LogP contribution >= 0.6 is 12.6 Å². The van der Waals surface area contributed by atoms with E-state index in [4.69, 9.17) is 4.42 Å². The van der Waals surface area contributed by atoms with E-state index in [-0.39, 0.29) is 0 Å². The lowest BCUT2D eigenvalue weighted by Gasteiger charge is -1.95. The molecule has 0 radical (unpaired) electrons. The Bertz CT molecular complexity index is 439. The van der Waals surface area contributed by atoms with Gasteiger partial charge in [-0.05, 0) is 19.1 Å². The van der Waals surface area contributed by atoms with Crippen molar-refractivity contribution >= 4 is 12.6 Å². The number of rotatable bonds is 2. The molecule has 0 aliphatic rings. The second kappa shape index (κ2) is 3.84. The summed E-state index contributed by atoms with van der Waals surface area (Å²) in [5.41, 5.74) is 2.12. The minimum Gasteiger partial charge on any atom is -0.420 e. The van der Waals surface area contributed by atoms with Gasteiger partial charge in [0.05, 0.1) is 5.75 Å². The zero-order valence-corrected chi connectivity index (χ0v) is 8.66. The zero-order valence-electron chi connectivity index (χ0n) is 7.77. The van der Waals surface area contributed by atoms with E-state index in [1.807, 2.05) is 31.2 Å². The van der Waals surface area contributed by atoms with E-state index >= 15 is 0 Å². The Morgan fingerprint density at radius 3 is 2.86 bits per heavy atom.